The minimum Gasteiger partial charge on any atom is -0.354 e. The van der Waals surface area contributed by atoms with Crippen LogP contribution in [0.25, 0.3) is 10.2 Å². The first-order valence-electron chi connectivity index (χ1n) is 5.96. The maximum Gasteiger partial charge on any atom is 0.225 e. The van der Waals surface area contributed by atoms with Gasteiger partial charge in [0.05, 0.1) is 0 Å². The van der Waals surface area contributed by atoms with Crippen LogP contribution in [0.5, 0.6) is 0 Å². The minimum absolute atomic E-state index is 0.535. The van der Waals surface area contributed by atoms with Crippen LogP contribution in [0, 0.1) is 0 Å². The second-order valence-corrected chi connectivity index (χ2v) is 5.22. The number of nitrogens with zero attached hydrogens (tertiary/aromatic N) is 2. The van der Waals surface area contributed by atoms with Gasteiger partial charge in [0.15, 0.2) is 0 Å². The van der Waals surface area contributed by atoms with Gasteiger partial charge in [-0.15, -0.1) is 11.3 Å². The summed E-state index contributed by atoms with van der Waals surface area (Å²) in [5, 5.41) is 6.68. The van der Waals surface area contributed by atoms with Crippen molar-refractivity contribution in [2.75, 3.05) is 11.9 Å². The van der Waals surface area contributed by atoms with Gasteiger partial charge in [-0.3, -0.25) is 0 Å². The van der Waals surface area contributed by atoms with Gasteiger partial charge in [-0.1, -0.05) is 37.8 Å². The molecule has 0 bridgehead atoms. The number of fused-ring (bicyclic) bond motifs is 1. The Hall–Kier alpha value is -0.870. The highest BCUT2D eigenvalue weighted by Crippen LogP contribution is 2.25. The zero-order valence-electron chi connectivity index (χ0n) is 9.87. The molecule has 92 valence electrons. The Labute approximate surface area is 110 Å². The highest BCUT2D eigenvalue weighted by molar-refractivity contribution is 7.16. The Kier molecular flexibility index (Phi) is 4.57. The molecule has 1 N–H and O–H groups in total. The molecule has 0 atom stereocenters. The van der Waals surface area contributed by atoms with Gasteiger partial charge in [0.2, 0.25) is 5.95 Å². The van der Waals surface area contributed by atoms with E-state index >= 15 is 0 Å². The number of halogens is 1. The summed E-state index contributed by atoms with van der Waals surface area (Å²) in [4.78, 5) is 9.61. The molecule has 0 aliphatic carbocycles. The van der Waals surface area contributed by atoms with E-state index in [0.717, 1.165) is 23.2 Å². The van der Waals surface area contributed by atoms with Crippen molar-refractivity contribution in [2.24, 2.45) is 0 Å². The molecule has 3 nitrogen and oxygen atoms in total. The normalized spacial score (nSPS) is 10.9. The summed E-state index contributed by atoms with van der Waals surface area (Å²) in [7, 11) is 0. The number of rotatable bonds is 6. The lowest BCUT2D eigenvalue weighted by atomic mass is 10.2. The SMILES string of the molecule is CCCCCCNc1nc(Cl)c2ccsc2n1. The molecule has 0 saturated carbocycles. The summed E-state index contributed by atoms with van der Waals surface area (Å²) in [6.45, 7) is 3.12. The topological polar surface area (TPSA) is 37.8 Å². The van der Waals surface area contributed by atoms with Crippen LogP contribution in [0.1, 0.15) is 32.6 Å². The Morgan fingerprint density at radius 1 is 1.29 bits per heavy atom. The zero-order chi connectivity index (χ0) is 12.1. The van der Waals surface area contributed by atoms with E-state index in [1.807, 2.05) is 11.4 Å². The van der Waals surface area contributed by atoms with Gasteiger partial charge >= 0.3 is 0 Å². The van der Waals surface area contributed by atoms with Gasteiger partial charge < -0.3 is 5.32 Å². The summed E-state index contributed by atoms with van der Waals surface area (Å²) in [5.41, 5.74) is 0. The number of nitrogens with one attached hydrogen (secondary N) is 1. The van der Waals surface area contributed by atoms with Crippen LogP contribution in [0.3, 0.4) is 0 Å². The highest BCUT2D eigenvalue weighted by Gasteiger charge is 2.06. The first kappa shape index (κ1) is 12.6. The maximum absolute atomic E-state index is 6.08. The number of thiophene rings is 1. The predicted molar refractivity (Wildman–Crippen MR) is 75.1 cm³/mol. The Bertz CT molecular complexity index is 484. The van der Waals surface area contributed by atoms with Gasteiger partial charge in [0.25, 0.3) is 0 Å². The molecule has 0 radical (unpaired) electrons. The zero-order valence-corrected chi connectivity index (χ0v) is 11.4. The van der Waals surface area contributed by atoms with Gasteiger partial charge in [0, 0.05) is 11.9 Å². The average molecular weight is 270 g/mol. The van der Waals surface area contributed by atoms with E-state index in [2.05, 4.69) is 22.2 Å². The molecule has 0 aromatic carbocycles. The van der Waals surface area contributed by atoms with Crippen LogP contribution in [0.2, 0.25) is 5.15 Å². The van der Waals surface area contributed by atoms with Crippen molar-refractivity contribution in [3.05, 3.63) is 16.6 Å². The van der Waals surface area contributed by atoms with Crippen LogP contribution in [0.15, 0.2) is 11.4 Å². The van der Waals surface area contributed by atoms with E-state index in [0.29, 0.717) is 11.1 Å². The molecule has 0 fully saturated rings. The standard InChI is InChI=1S/C12H16ClN3S/c1-2-3-4-5-7-14-12-15-10(13)9-6-8-17-11(9)16-12/h6,8H,2-5,7H2,1H3,(H,14,15,16). The highest BCUT2D eigenvalue weighted by atomic mass is 35.5. The first-order valence-corrected chi connectivity index (χ1v) is 7.21. The fourth-order valence-corrected chi connectivity index (χ4v) is 2.70. The summed E-state index contributed by atoms with van der Waals surface area (Å²) in [6, 6.07) is 1.95. The molecule has 2 heterocycles. The van der Waals surface area contributed by atoms with Gasteiger partial charge in [-0.05, 0) is 17.9 Å². The molecule has 0 amide bonds. The average Bonchev–Trinajstić information content (AvgIpc) is 2.77. The number of aromatic nitrogens is 2. The minimum atomic E-state index is 0.535. The molecule has 0 aliphatic heterocycles. The molecular weight excluding hydrogens is 254 g/mol. The van der Waals surface area contributed by atoms with Crippen LogP contribution >= 0.6 is 22.9 Å². The monoisotopic (exact) mass is 269 g/mol. The largest absolute Gasteiger partial charge is 0.354 e. The van der Waals surface area contributed by atoms with Crippen LogP contribution < -0.4 is 5.32 Å². The maximum atomic E-state index is 6.08. The summed E-state index contributed by atoms with van der Waals surface area (Å²) in [5.74, 6) is 0.640. The van der Waals surface area contributed by atoms with Crippen LogP contribution in [0.4, 0.5) is 5.95 Å². The molecule has 0 aliphatic rings. The van der Waals surface area contributed by atoms with E-state index in [1.165, 1.54) is 19.3 Å². The van der Waals surface area contributed by atoms with Crippen molar-refractivity contribution in [3.63, 3.8) is 0 Å². The van der Waals surface area contributed by atoms with E-state index in [-0.39, 0.29) is 0 Å². The van der Waals surface area contributed by atoms with Crippen molar-refractivity contribution in [3.8, 4) is 0 Å². The Morgan fingerprint density at radius 3 is 3.00 bits per heavy atom. The summed E-state index contributed by atoms with van der Waals surface area (Å²) >= 11 is 7.67. The van der Waals surface area contributed by atoms with Gasteiger partial charge in [-0.25, -0.2) is 9.97 Å². The number of hydrogen-bond acceptors (Lipinski definition) is 4. The van der Waals surface area contributed by atoms with Gasteiger partial charge in [0.1, 0.15) is 9.98 Å². The molecule has 0 unspecified atom stereocenters. The molecule has 0 spiro atoms. The molecule has 17 heavy (non-hydrogen) atoms. The van der Waals surface area contributed by atoms with Crippen molar-refractivity contribution in [1.29, 1.82) is 0 Å². The summed E-state index contributed by atoms with van der Waals surface area (Å²) < 4.78 is 0. The van der Waals surface area contributed by atoms with E-state index in [1.54, 1.807) is 11.3 Å². The molecular formula is C12H16ClN3S. The van der Waals surface area contributed by atoms with Gasteiger partial charge in [-0.2, -0.15) is 0 Å². The number of unbranched alkanes of at least 4 members (excludes halogenated alkanes) is 3. The number of hydrogen-bond donors (Lipinski definition) is 1. The molecule has 2 rings (SSSR count). The smallest absolute Gasteiger partial charge is 0.225 e. The molecule has 0 saturated heterocycles. The Balaban J connectivity index is 1.94. The van der Waals surface area contributed by atoms with Crippen molar-refractivity contribution in [1.82, 2.24) is 9.97 Å². The van der Waals surface area contributed by atoms with Crippen molar-refractivity contribution in [2.45, 2.75) is 32.6 Å². The third-order valence-corrected chi connectivity index (χ3v) is 3.69. The van der Waals surface area contributed by atoms with Crippen LogP contribution in [-0.2, 0) is 0 Å². The third kappa shape index (κ3) is 3.30. The van der Waals surface area contributed by atoms with E-state index < -0.39 is 0 Å². The Morgan fingerprint density at radius 2 is 2.18 bits per heavy atom. The summed E-state index contributed by atoms with van der Waals surface area (Å²) in [6.07, 6.45) is 4.94. The van der Waals surface area contributed by atoms with Crippen molar-refractivity contribution >= 4 is 39.1 Å². The fraction of sp³-hybridized carbons (Fsp3) is 0.500. The fourth-order valence-electron chi connectivity index (χ4n) is 1.65. The first-order chi connectivity index (χ1) is 8.31. The van der Waals surface area contributed by atoms with Crippen LogP contribution in [-0.4, -0.2) is 16.5 Å². The third-order valence-electron chi connectivity index (χ3n) is 2.59. The lowest BCUT2D eigenvalue weighted by Gasteiger charge is -2.04. The van der Waals surface area contributed by atoms with E-state index in [9.17, 15) is 0 Å². The molecule has 2 aromatic rings. The molecule has 2 aromatic heterocycles. The second-order valence-electron chi connectivity index (χ2n) is 3.96. The number of anilines is 1. The quantitative estimate of drug-likeness (QED) is 0.626. The second kappa shape index (κ2) is 6.17. The predicted octanol–water partition coefficient (Wildman–Crippen LogP) is 4.34. The lowest BCUT2D eigenvalue weighted by molar-refractivity contribution is 0.683. The molecule has 5 heteroatoms. The van der Waals surface area contributed by atoms with Crippen molar-refractivity contribution < 1.29 is 0 Å². The van der Waals surface area contributed by atoms with E-state index in [4.69, 9.17) is 11.6 Å². The lowest BCUT2D eigenvalue weighted by Crippen LogP contribution is -2.05.